The van der Waals surface area contributed by atoms with Gasteiger partial charge in [-0.3, -0.25) is 4.79 Å². The second-order valence-electron chi connectivity index (χ2n) is 5.26. The minimum atomic E-state index is -0.127. The van der Waals surface area contributed by atoms with Gasteiger partial charge in [0.1, 0.15) is 5.52 Å². The van der Waals surface area contributed by atoms with Crippen molar-refractivity contribution in [3.63, 3.8) is 0 Å². The number of nitrogens with one attached hydrogen (secondary N) is 1. The van der Waals surface area contributed by atoms with Crippen molar-refractivity contribution in [1.82, 2.24) is 15.2 Å². The van der Waals surface area contributed by atoms with Crippen molar-refractivity contribution in [2.45, 2.75) is 6.92 Å². The number of hydrogen-bond acceptors (Lipinski definition) is 3. The lowest BCUT2D eigenvalue weighted by atomic mass is 10.0. The molecule has 0 fully saturated rings. The standard InChI is InChI=1S/C18H13N3O/c1-11-15-17(13-9-5-6-10-14(13)19-18(15)22)21-20-16(11)12-7-3-2-4-8-12/h2-10H,1H3,(H,19,22). The molecule has 1 N–H and O–H groups in total. The third-order valence-corrected chi connectivity index (χ3v) is 3.92. The maximum Gasteiger partial charge on any atom is 0.258 e. The molecule has 2 heterocycles. The second-order valence-corrected chi connectivity index (χ2v) is 5.26. The smallest absolute Gasteiger partial charge is 0.258 e. The van der Waals surface area contributed by atoms with Crippen molar-refractivity contribution in [3.8, 4) is 11.3 Å². The number of para-hydroxylation sites is 1. The van der Waals surface area contributed by atoms with Gasteiger partial charge in [0, 0.05) is 10.9 Å². The molecule has 4 aromatic rings. The predicted octanol–water partition coefficient (Wildman–Crippen LogP) is 3.45. The number of rotatable bonds is 1. The number of fused-ring (bicyclic) bond motifs is 3. The Morgan fingerprint density at radius 3 is 2.45 bits per heavy atom. The number of aryl methyl sites for hydroxylation is 1. The predicted molar refractivity (Wildman–Crippen MR) is 87.8 cm³/mol. The average Bonchev–Trinajstić information content (AvgIpc) is 2.56. The fourth-order valence-electron chi connectivity index (χ4n) is 2.84. The van der Waals surface area contributed by atoms with E-state index in [-0.39, 0.29) is 5.56 Å². The molecule has 22 heavy (non-hydrogen) atoms. The summed E-state index contributed by atoms with van der Waals surface area (Å²) >= 11 is 0. The Labute approximate surface area is 126 Å². The molecular weight excluding hydrogens is 274 g/mol. The molecule has 4 heteroatoms. The average molecular weight is 287 g/mol. The fraction of sp³-hybridized carbons (Fsp3) is 0.0556. The van der Waals surface area contributed by atoms with Gasteiger partial charge in [-0.15, -0.1) is 10.2 Å². The first-order valence-electron chi connectivity index (χ1n) is 7.09. The summed E-state index contributed by atoms with van der Waals surface area (Å²) in [6.45, 7) is 1.92. The zero-order chi connectivity index (χ0) is 15.1. The monoisotopic (exact) mass is 287 g/mol. The third kappa shape index (κ3) is 1.81. The lowest BCUT2D eigenvalue weighted by Crippen LogP contribution is -2.10. The molecule has 0 radical (unpaired) electrons. The van der Waals surface area contributed by atoms with Crippen LogP contribution in [0.3, 0.4) is 0 Å². The number of hydrogen-bond donors (Lipinski definition) is 1. The Balaban J connectivity index is 2.14. The van der Waals surface area contributed by atoms with Crippen LogP contribution in [-0.4, -0.2) is 15.2 Å². The summed E-state index contributed by atoms with van der Waals surface area (Å²) in [7, 11) is 0. The fourth-order valence-corrected chi connectivity index (χ4v) is 2.84. The highest BCUT2D eigenvalue weighted by atomic mass is 16.1. The van der Waals surface area contributed by atoms with Crippen molar-refractivity contribution in [2.75, 3.05) is 0 Å². The third-order valence-electron chi connectivity index (χ3n) is 3.92. The van der Waals surface area contributed by atoms with Gasteiger partial charge >= 0.3 is 0 Å². The molecule has 106 valence electrons. The summed E-state index contributed by atoms with van der Waals surface area (Å²) in [4.78, 5) is 15.4. The first-order valence-corrected chi connectivity index (χ1v) is 7.09. The molecule has 0 aliphatic carbocycles. The van der Waals surface area contributed by atoms with Gasteiger partial charge in [-0.25, -0.2) is 0 Å². The van der Waals surface area contributed by atoms with Gasteiger partial charge in [0.05, 0.1) is 16.6 Å². The highest BCUT2D eigenvalue weighted by molar-refractivity contribution is 6.04. The Morgan fingerprint density at radius 2 is 1.64 bits per heavy atom. The molecule has 2 aromatic heterocycles. The van der Waals surface area contributed by atoms with Gasteiger partial charge in [0.15, 0.2) is 0 Å². The lowest BCUT2D eigenvalue weighted by molar-refractivity contribution is 1.07. The molecule has 4 rings (SSSR count). The number of aromatic amines is 1. The first-order chi connectivity index (χ1) is 10.8. The molecule has 0 spiro atoms. The quantitative estimate of drug-likeness (QED) is 0.545. The summed E-state index contributed by atoms with van der Waals surface area (Å²) in [5.41, 5.74) is 3.86. The number of pyridine rings is 1. The van der Waals surface area contributed by atoms with E-state index in [1.807, 2.05) is 61.5 Å². The van der Waals surface area contributed by atoms with Crippen LogP contribution in [0.25, 0.3) is 33.1 Å². The molecule has 0 saturated carbocycles. The van der Waals surface area contributed by atoms with Crippen molar-refractivity contribution < 1.29 is 0 Å². The summed E-state index contributed by atoms with van der Waals surface area (Å²) in [6.07, 6.45) is 0. The van der Waals surface area contributed by atoms with Crippen LogP contribution in [0.1, 0.15) is 5.56 Å². The van der Waals surface area contributed by atoms with Gasteiger partial charge in [-0.05, 0) is 18.6 Å². The zero-order valence-corrected chi connectivity index (χ0v) is 12.0. The minimum absolute atomic E-state index is 0.127. The molecule has 0 atom stereocenters. The molecule has 2 aromatic carbocycles. The van der Waals surface area contributed by atoms with Gasteiger partial charge < -0.3 is 4.98 Å². The van der Waals surface area contributed by atoms with Crippen LogP contribution in [0, 0.1) is 6.92 Å². The van der Waals surface area contributed by atoms with Crippen LogP contribution in [-0.2, 0) is 0 Å². The van der Waals surface area contributed by atoms with Gasteiger partial charge in [0.25, 0.3) is 5.56 Å². The molecule has 0 bridgehead atoms. The number of aromatic nitrogens is 3. The first kappa shape index (κ1) is 12.7. The highest BCUT2D eigenvalue weighted by Crippen LogP contribution is 2.27. The topological polar surface area (TPSA) is 58.6 Å². The normalized spacial score (nSPS) is 11.1. The second kappa shape index (κ2) is 4.77. The van der Waals surface area contributed by atoms with Crippen LogP contribution < -0.4 is 5.56 Å². The molecule has 0 aliphatic rings. The van der Waals surface area contributed by atoms with Gasteiger partial charge in [-0.2, -0.15) is 0 Å². The van der Waals surface area contributed by atoms with E-state index in [1.54, 1.807) is 0 Å². The van der Waals surface area contributed by atoms with Crippen molar-refractivity contribution in [3.05, 3.63) is 70.5 Å². The van der Waals surface area contributed by atoms with E-state index in [0.29, 0.717) is 10.9 Å². The van der Waals surface area contributed by atoms with Gasteiger partial charge in [0.2, 0.25) is 0 Å². The Morgan fingerprint density at radius 1 is 0.909 bits per heavy atom. The zero-order valence-electron chi connectivity index (χ0n) is 12.0. The Kier molecular flexibility index (Phi) is 2.76. The van der Waals surface area contributed by atoms with Crippen molar-refractivity contribution >= 4 is 21.8 Å². The molecule has 0 unspecified atom stereocenters. The number of benzene rings is 2. The van der Waals surface area contributed by atoms with Crippen LogP contribution in [0.4, 0.5) is 0 Å². The summed E-state index contributed by atoms with van der Waals surface area (Å²) in [5.74, 6) is 0. The van der Waals surface area contributed by atoms with Crippen LogP contribution in [0.2, 0.25) is 0 Å². The maximum atomic E-state index is 12.5. The van der Waals surface area contributed by atoms with Crippen molar-refractivity contribution in [2.24, 2.45) is 0 Å². The number of nitrogens with zero attached hydrogens (tertiary/aromatic N) is 2. The maximum absolute atomic E-state index is 12.5. The Hall–Kier alpha value is -3.01. The van der Waals surface area contributed by atoms with E-state index >= 15 is 0 Å². The van der Waals surface area contributed by atoms with E-state index in [9.17, 15) is 4.79 Å². The Bertz CT molecular complexity index is 1050. The minimum Gasteiger partial charge on any atom is -0.321 e. The molecular formula is C18H13N3O. The van der Waals surface area contributed by atoms with E-state index in [0.717, 1.165) is 27.7 Å². The van der Waals surface area contributed by atoms with Crippen LogP contribution in [0.15, 0.2) is 59.4 Å². The number of H-pyrrole nitrogens is 1. The van der Waals surface area contributed by atoms with E-state index in [4.69, 9.17) is 0 Å². The molecule has 0 saturated heterocycles. The van der Waals surface area contributed by atoms with Crippen LogP contribution in [0.5, 0.6) is 0 Å². The molecule has 4 nitrogen and oxygen atoms in total. The van der Waals surface area contributed by atoms with Gasteiger partial charge in [-0.1, -0.05) is 48.5 Å². The highest BCUT2D eigenvalue weighted by Gasteiger charge is 2.14. The summed E-state index contributed by atoms with van der Waals surface area (Å²) in [6, 6.07) is 17.4. The van der Waals surface area contributed by atoms with E-state index in [1.165, 1.54) is 0 Å². The molecule has 0 aliphatic heterocycles. The largest absolute Gasteiger partial charge is 0.321 e. The van der Waals surface area contributed by atoms with E-state index < -0.39 is 0 Å². The SMILES string of the molecule is Cc1c(-c2ccccc2)nnc2c1c(=O)[nH]c1ccccc12. The summed E-state index contributed by atoms with van der Waals surface area (Å²) in [5, 5.41) is 10.2. The molecule has 0 amide bonds. The summed E-state index contributed by atoms with van der Waals surface area (Å²) < 4.78 is 0. The van der Waals surface area contributed by atoms with Crippen molar-refractivity contribution in [1.29, 1.82) is 0 Å². The van der Waals surface area contributed by atoms with E-state index in [2.05, 4.69) is 15.2 Å². The van der Waals surface area contributed by atoms with Crippen LogP contribution >= 0.6 is 0 Å². The lowest BCUT2D eigenvalue weighted by Gasteiger charge is -2.08.